The summed E-state index contributed by atoms with van der Waals surface area (Å²) < 4.78 is 10.8. The molecule has 2 rings (SSSR count). The molecular weight excluding hydrogens is 252 g/mol. The molecule has 0 saturated carbocycles. The average Bonchev–Trinajstić information content (AvgIpc) is 2.82. The van der Waals surface area contributed by atoms with Crippen LogP contribution in [0, 0.1) is 6.92 Å². The number of nitrogens with zero attached hydrogens (tertiary/aromatic N) is 1. The minimum Gasteiger partial charge on any atom is -0.496 e. The highest BCUT2D eigenvalue weighted by atomic mass is 16.5. The fourth-order valence-electron chi connectivity index (χ4n) is 2.48. The van der Waals surface area contributed by atoms with E-state index in [0.29, 0.717) is 11.7 Å². The zero-order chi connectivity index (χ0) is 14.7. The summed E-state index contributed by atoms with van der Waals surface area (Å²) in [7, 11) is 1.67. The van der Waals surface area contributed by atoms with Gasteiger partial charge in [-0.3, -0.25) is 0 Å². The van der Waals surface area contributed by atoms with Gasteiger partial charge in [0.05, 0.1) is 12.7 Å². The van der Waals surface area contributed by atoms with E-state index in [4.69, 9.17) is 15.0 Å². The number of hydrogen-bond acceptors (Lipinski definition) is 4. The van der Waals surface area contributed by atoms with Crippen molar-refractivity contribution < 1.29 is 9.26 Å². The van der Waals surface area contributed by atoms with Crippen LogP contribution in [-0.4, -0.2) is 12.3 Å². The number of nitrogens with two attached hydrogens (primary N) is 1. The second kappa shape index (κ2) is 5.99. The quantitative estimate of drug-likeness (QED) is 0.890. The molecule has 0 aliphatic heterocycles. The number of aryl methyl sites for hydroxylation is 1. The number of ether oxygens (including phenoxy) is 1. The highest BCUT2D eigenvalue weighted by molar-refractivity contribution is 5.77. The van der Waals surface area contributed by atoms with Gasteiger partial charge < -0.3 is 15.0 Å². The van der Waals surface area contributed by atoms with Crippen LogP contribution < -0.4 is 10.5 Å². The van der Waals surface area contributed by atoms with Crippen molar-refractivity contribution in [1.29, 1.82) is 0 Å². The molecule has 1 heterocycles. The second-order valence-electron chi connectivity index (χ2n) is 5.18. The van der Waals surface area contributed by atoms with E-state index in [1.807, 2.05) is 25.1 Å². The standard InChI is InChI=1S/C16H22N2O2/c1-5-6-11(3)15-14(16(17)18-20-15)12-8-7-10(2)13(9-12)19-4/h7-9,11H,5-6H2,1-4H3,(H2,17,18). The molecule has 1 unspecified atom stereocenters. The summed E-state index contributed by atoms with van der Waals surface area (Å²) >= 11 is 0. The molecule has 20 heavy (non-hydrogen) atoms. The van der Waals surface area contributed by atoms with E-state index in [1.54, 1.807) is 7.11 Å². The van der Waals surface area contributed by atoms with Gasteiger partial charge in [0.2, 0.25) is 0 Å². The van der Waals surface area contributed by atoms with E-state index in [1.165, 1.54) is 0 Å². The molecule has 0 aliphatic rings. The molecule has 4 nitrogen and oxygen atoms in total. The van der Waals surface area contributed by atoms with Gasteiger partial charge in [0.15, 0.2) is 5.82 Å². The molecule has 2 N–H and O–H groups in total. The number of benzene rings is 1. The molecular formula is C16H22N2O2. The normalized spacial score (nSPS) is 12.4. The predicted molar refractivity (Wildman–Crippen MR) is 81.0 cm³/mol. The van der Waals surface area contributed by atoms with Gasteiger partial charge in [-0.25, -0.2) is 0 Å². The number of methoxy groups -OCH3 is 1. The zero-order valence-corrected chi connectivity index (χ0v) is 12.6. The third-order valence-corrected chi connectivity index (χ3v) is 3.61. The first-order valence-electron chi connectivity index (χ1n) is 6.98. The maximum Gasteiger partial charge on any atom is 0.175 e. The van der Waals surface area contributed by atoms with Gasteiger partial charge >= 0.3 is 0 Å². The summed E-state index contributed by atoms with van der Waals surface area (Å²) in [6, 6.07) is 6.04. The van der Waals surface area contributed by atoms with Gasteiger partial charge in [-0.15, -0.1) is 0 Å². The van der Waals surface area contributed by atoms with Crippen molar-refractivity contribution in [1.82, 2.24) is 5.16 Å². The molecule has 4 heteroatoms. The fourth-order valence-corrected chi connectivity index (χ4v) is 2.48. The molecule has 0 spiro atoms. The van der Waals surface area contributed by atoms with E-state index in [9.17, 15) is 0 Å². The van der Waals surface area contributed by atoms with E-state index in [2.05, 4.69) is 19.0 Å². The molecule has 2 aromatic rings. The maximum atomic E-state index is 5.99. The Morgan fingerprint density at radius 2 is 2.15 bits per heavy atom. The molecule has 108 valence electrons. The zero-order valence-electron chi connectivity index (χ0n) is 12.6. The number of hydrogen-bond donors (Lipinski definition) is 1. The summed E-state index contributed by atoms with van der Waals surface area (Å²) in [4.78, 5) is 0. The van der Waals surface area contributed by atoms with Crippen molar-refractivity contribution in [2.75, 3.05) is 12.8 Å². The molecule has 0 fully saturated rings. The van der Waals surface area contributed by atoms with Crippen molar-refractivity contribution in [2.45, 2.75) is 39.5 Å². The van der Waals surface area contributed by atoms with Crippen LogP contribution in [0.15, 0.2) is 22.7 Å². The molecule has 0 bridgehead atoms. The van der Waals surface area contributed by atoms with Crippen LogP contribution in [0.4, 0.5) is 5.82 Å². The van der Waals surface area contributed by atoms with Crippen LogP contribution in [0.25, 0.3) is 11.1 Å². The summed E-state index contributed by atoms with van der Waals surface area (Å²) in [5.74, 6) is 2.44. The Balaban J connectivity index is 2.49. The van der Waals surface area contributed by atoms with Gasteiger partial charge in [-0.1, -0.05) is 37.6 Å². The molecule has 1 aromatic heterocycles. The van der Waals surface area contributed by atoms with Crippen LogP contribution in [0.3, 0.4) is 0 Å². The van der Waals surface area contributed by atoms with Gasteiger partial charge in [-0.2, -0.15) is 0 Å². The number of nitrogen functional groups attached to an aromatic ring is 1. The van der Waals surface area contributed by atoms with Gasteiger partial charge in [0.25, 0.3) is 0 Å². The maximum absolute atomic E-state index is 5.99. The van der Waals surface area contributed by atoms with Crippen LogP contribution in [-0.2, 0) is 0 Å². The van der Waals surface area contributed by atoms with Crippen molar-refractivity contribution in [3.63, 3.8) is 0 Å². The topological polar surface area (TPSA) is 61.3 Å². The lowest BCUT2D eigenvalue weighted by Crippen LogP contribution is -1.96. The third kappa shape index (κ3) is 2.64. The van der Waals surface area contributed by atoms with Crippen LogP contribution in [0.5, 0.6) is 5.75 Å². The van der Waals surface area contributed by atoms with Crippen molar-refractivity contribution in [2.24, 2.45) is 0 Å². The first-order valence-corrected chi connectivity index (χ1v) is 6.98. The highest BCUT2D eigenvalue weighted by Gasteiger charge is 2.21. The van der Waals surface area contributed by atoms with Crippen molar-refractivity contribution in [3.05, 3.63) is 29.5 Å². The second-order valence-corrected chi connectivity index (χ2v) is 5.18. The van der Waals surface area contributed by atoms with E-state index >= 15 is 0 Å². The van der Waals surface area contributed by atoms with Crippen LogP contribution in [0.2, 0.25) is 0 Å². The Morgan fingerprint density at radius 1 is 1.40 bits per heavy atom. The van der Waals surface area contributed by atoms with Crippen molar-refractivity contribution in [3.8, 4) is 16.9 Å². The number of rotatable bonds is 5. The predicted octanol–water partition coefficient (Wildman–Crippen LogP) is 4.14. The minimum absolute atomic E-state index is 0.298. The molecule has 0 radical (unpaired) electrons. The lowest BCUT2D eigenvalue weighted by atomic mass is 9.95. The SMILES string of the molecule is CCCC(C)c1onc(N)c1-c1ccc(C)c(OC)c1. The largest absolute Gasteiger partial charge is 0.496 e. The van der Waals surface area contributed by atoms with Crippen LogP contribution >= 0.6 is 0 Å². The monoisotopic (exact) mass is 274 g/mol. The first-order chi connectivity index (χ1) is 9.58. The third-order valence-electron chi connectivity index (χ3n) is 3.61. The average molecular weight is 274 g/mol. The summed E-state index contributed by atoms with van der Waals surface area (Å²) in [6.45, 7) is 6.31. The Hall–Kier alpha value is -1.97. The molecule has 0 aliphatic carbocycles. The Kier molecular flexibility index (Phi) is 4.32. The highest BCUT2D eigenvalue weighted by Crippen LogP contribution is 2.37. The van der Waals surface area contributed by atoms with Gasteiger partial charge in [0, 0.05) is 5.92 Å². The van der Waals surface area contributed by atoms with Gasteiger partial charge in [-0.05, 0) is 30.5 Å². The first kappa shape index (κ1) is 14.4. The summed E-state index contributed by atoms with van der Waals surface area (Å²) in [5.41, 5.74) is 8.97. The molecule has 0 saturated heterocycles. The molecule has 1 atom stereocenters. The lowest BCUT2D eigenvalue weighted by Gasteiger charge is -2.11. The number of aromatic nitrogens is 1. The van der Waals surface area contributed by atoms with Crippen LogP contribution in [0.1, 0.15) is 43.9 Å². The fraction of sp³-hybridized carbons (Fsp3) is 0.438. The smallest absolute Gasteiger partial charge is 0.175 e. The van der Waals surface area contributed by atoms with Crippen molar-refractivity contribution >= 4 is 5.82 Å². The van der Waals surface area contributed by atoms with Gasteiger partial charge in [0.1, 0.15) is 11.5 Å². The van der Waals surface area contributed by atoms with E-state index in [0.717, 1.165) is 41.0 Å². The Morgan fingerprint density at radius 3 is 2.80 bits per heavy atom. The number of anilines is 1. The Labute approximate surface area is 119 Å². The van der Waals surface area contributed by atoms with E-state index in [-0.39, 0.29) is 0 Å². The Bertz CT molecular complexity index is 590. The molecule has 0 amide bonds. The summed E-state index contributed by atoms with van der Waals surface area (Å²) in [5, 5.41) is 3.94. The minimum atomic E-state index is 0.298. The summed E-state index contributed by atoms with van der Waals surface area (Å²) in [6.07, 6.45) is 2.14. The lowest BCUT2D eigenvalue weighted by molar-refractivity contribution is 0.362. The van der Waals surface area contributed by atoms with E-state index < -0.39 is 0 Å². The molecule has 1 aromatic carbocycles.